The minimum absolute atomic E-state index is 0.112. The molecule has 0 aromatic carbocycles. The molecule has 7 heteroatoms. The van der Waals surface area contributed by atoms with Crippen molar-refractivity contribution >= 4 is 21.6 Å². The molecule has 0 amide bonds. The van der Waals surface area contributed by atoms with Gasteiger partial charge in [0, 0.05) is 12.4 Å². The number of sulfonamides is 1. The smallest absolute Gasteiger partial charge is 0.257 e. The van der Waals surface area contributed by atoms with Gasteiger partial charge in [-0.15, -0.1) is 11.6 Å². The number of halogens is 1. The second-order valence-electron chi connectivity index (χ2n) is 4.32. The third kappa shape index (κ3) is 4.59. The van der Waals surface area contributed by atoms with Gasteiger partial charge in [-0.2, -0.15) is 0 Å². The molecule has 1 aromatic heterocycles. The molecule has 0 spiro atoms. The summed E-state index contributed by atoms with van der Waals surface area (Å²) >= 11 is 5.71. The normalized spacial score (nSPS) is 13.7. The zero-order valence-corrected chi connectivity index (χ0v) is 12.3. The highest BCUT2D eigenvalue weighted by Crippen LogP contribution is 2.13. The Morgan fingerprint density at radius 2 is 2.22 bits per heavy atom. The van der Waals surface area contributed by atoms with Gasteiger partial charge in [-0.05, 0) is 25.7 Å². The van der Waals surface area contributed by atoms with Crippen LogP contribution < -0.4 is 4.72 Å². The Kier molecular flexibility index (Phi) is 6.11. The molecular weight excluding hydrogens is 274 g/mol. The number of imidazole rings is 1. The van der Waals surface area contributed by atoms with Gasteiger partial charge in [-0.3, -0.25) is 0 Å². The van der Waals surface area contributed by atoms with Gasteiger partial charge in [0.25, 0.3) is 10.0 Å². The van der Waals surface area contributed by atoms with Crippen molar-refractivity contribution in [2.75, 3.05) is 12.4 Å². The first kappa shape index (κ1) is 15.5. The topological polar surface area (TPSA) is 74.8 Å². The van der Waals surface area contributed by atoms with Gasteiger partial charge in [0.05, 0.1) is 6.20 Å². The van der Waals surface area contributed by atoms with Gasteiger partial charge in [0.2, 0.25) is 0 Å². The lowest BCUT2D eigenvalue weighted by Crippen LogP contribution is -2.30. The molecule has 0 bridgehead atoms. The van der Waals surface area contributed by atoms with Gasteiger partial charge in [-0.25, -0.2) is 18.1 Å². The lowest BCUT2D eigenvalue weighted by atomic mass is 10.0. The van der Waals surface area contributed by atoms with E-state index in [2.05, 4.69) is 21.6 Å². The molecule has 0 fully saturated rings. The molecule has 5 nitrogen and oxygen atoms in total. The molecule has 1 rings (SSSR count). The standard InChI is InChI=1S/C11H20ClN3O2S/c1-3-4-10(5-6-12)7-14-18(16,17)11-8-13-9(2)15-11/h8,10,14H,3-7H2,1-2H3,(H,13,15). The summed E-state index contributed by atoms with van der Waals surface area (Å²) in [5.74, 6) is 1.42. The second kappa shape index (κ2) is 7.11. The van der Waals surface area contributed by atoms with Crippen molar-refractivity contribution in [2.24, 2.45) is 5.92 Å². The summed E-state index contributed by atoms with van der Waals surface area (Å²) in [5, 5.41) is 0.112. The maximum absolute atomic E-state index is 11.9. The molecule has 1 aromatic rings. The van der Waals surface area contributed by atoms with Crippen LogP contribution in [0.5, 0.6) is 0 Å². The first-order chi connectivity index (χ1) is 8.49. The van der Waals surface area contributed by atoms with Crippen LogP contribution in [-0.2, 0) is 10.0 Å². The van der Waals surface area contributed by atoms with E-state index >= 15 is 0 Å². The predicted molar refractivity (Wildman–Crippen MR) is 72.2 cm³/mol. The van der Waals surface area contributed by atoms with Crippen molar-refractivity contribution in [1.29, 1.82) is 0 Å². The van der Waals surface area contributed by atoms with Crippen molar-refractivity contribution in [2.45, 2.75) is 38.1 Å². The molecule has 0 aliphatic heterocycles. The van der Waals surface area contributed by atoms with Crippen LogP contribution in [0.3, 0.4) is 0 Å². The highest BCUT2D eigenvalue weighted by atomic mass is 35.5. The largest absolute Gasteiger partial charge is 0.332 e. The van der Waals surface area contributed by atoms with Gasteiger partial charge >= 0.3 is 0 Å². The number of aromatic amines is 1. The second-order valence-corrected chi connectivity index (χ2v) is 6.43. The Labute approximate surface area is 113 Å². The van der Waals surface area contributed by atoms with Crippen LogP contribution in [0, 0.1) is 12.8 Å². The number of aromatic nitrogens is 2. The minimum atomic E-state index is -3.48. The fourth-order valence-corrected chi connectivity index (χ4v) is 3.14. The van der Waals surface area contributed by atoms with E-state index in [1.54, 1.807) is 6.92 Å². The minimum Gasteiger partial charge on any atom is -0.332 e. The van der Waals surface area contributed by atoms with Gasteiger partial charge < -0.3 is 4.98 Å². The Morgan fingerprint density at radius 3 is 2.72 bits per heavy atom. The predicted octanol–water partition coefficient (Wildman–Crippen LogP) is 2.04. The number of nitrogens with zero attached hydrogens (tertiary/aromatic N) is 1. The molecular formula is C11H20ClN3O2S. The maximum atomic E-state index is 11.9. The summed E-state index contributed by atoms with van der Waals surface area (Å²) in [4.78, 5) is 6.60. The molecule has 0 aliphatic rings. The zero-order chi connectivity index (χ0) is 13.6. The van der Waals surface area contributed by atoms with E-state index in [9.17, 15) is 8.42 Å². The molecule has 1 heterocycles. The summed E-state index contributed by atoms with van der Waals surface area (Å²) in [5.41, 5.74) is 0. The van der Waals surface area contributed by atoms with Crippen LogP contribution >= 0.6 is 11.6 Å². The first-order valence-corrected chi connectivity index (χ1v) is 8.08. The van der Waals surface area contributed by atoms with Crippen LogP contribution in [0.15, 0.2) is 11.2 Å². The van der Waals surface area contributed by atoms with Crippen LogP contribution in [0.4, 0.5) is 0 Å². The van der Waals surface area contributed by atoms with Crippen LogP contribution in [-0.4, -0.2) is 30.8 Å². The lowest BCUT2D eigenvalue weighted by molar-refractivity contribution is 0.456. The van der Waals surface area contributed by atoms with Crippen molar-refractivity contribution in [3.05, 3.63) is 12.0 Å². The molecule has 104 valence electrons. The Bertz CT molecular complexity index is 453. The summed E-state index contributed by atoms with van der Waals surface area (Å²) in [6.45, 7) is 4.21. The number of hydrogen-bond acceptors (Lipinski definition) is 3. The van der Waals surface area contributed by atoms with Gasteiger partial charge in [0.15, 0.2) is 5.03 Å². The number of H-pyrrole nitrogens is 1. The fraction of sp³-hybridized carbons (Fsp3) is 0.727. The quantitative estimate of drug-likeness (QED) is 0.720. The molecule has 0 radical (unpaired) electrons. The maximum Gasteiger partial charge on any atom is 0.257 e. The Hall–Kier alpha value is -0.590. The molecule has 0 aliphatic carbocycles. The molecule has 0 saturated heterocycles. The van der Waals surface area contributed by atoms with Gasteiger partial charge in [0.1, 0.15) is 5.82 Å². The molecule has 0 saturated carbocycles. The molecule has 1 atom stereocenters. The molecule has 1 unspecified atom stereocenters. The zero-order valence-electron chi connectivity index (χ0n) is 10.7. The van der Waals surface area contributed by atoms with Crippen LogP contribution in [0.1, 0.15) is 32.0 Å². The van der Waals surface area contributed by atoms with E-state index in [1.165, 1.54) is 6.20 Å². The van der Waals surface area contributed by atoms with Crippen molar-refractivity contribution < 1.29 is 8.42 Å². The van der Waals surface area contributed by atoms with E-state index in [0.717, 1.165) is 19.3 Å². The van der Waals surface area contributed by atoms with Crippen LogP contribution in [0.2, 0.25) is 0 Å². The molecule has 18 heavy (non-hydrogen) atoms. The Balaban J connectivity index is 2.60. The van der Waals surface area contributed by atoms with Crippen molar-refractivity contribution in [1.82, 2.24) is 14.7 Å². The summed E-state index contributed by atoms with van der Waals surface area (Å²) in [6.07, 6.45) is 4.14. The van der Waals surface area contributed by atoms with E-state index in [4.69, 9.17) is 11.6 Å². The Morgan fingerprint density at radius 1 is 1.50 bits per heavy atom. The summed E-state index contributed by atoms with van der Waals surface area (Å²) in [7, 11) is -3.48. The first-order valence-electron chi connectivity index (χ1n) is 6.06. The fourth-order valence-electron chi connectivity index (χ4n) is 1.75. The monoisotopic (exact) mass is 293 g/mol. The summed E-state index contributed by atoms with van der Waals surface area (Å²) < 4.78 is 26.5. The van der Waals surface area contributed by atoms with E-state index < -0.39 is 10.0 Å². The van der Waals surface area contributed by atoms with E-state index in [1.807, 2.05) is 0 Å². The van der Waals surface area contributed by atoms with E-state index in [-0.39, 0.29) is 10.9 Å². The third-order valence-corrected chi connectivity index (χ3v) is 4.30. The average molecular weight is 294 g/mol. The van der Waals surface area contributed by atoms with Crippen molar-refractivity contribution in [3.63, 3.8) is 0 Å². The number of hydrogen-bond donors (Lipinski definition) is 2. The highest BCUT2D eigenvalue weighted by Gasteiger charge is 2.18. The lowest BCUT2D eigenvalue weighted by Gasteiger charge is -2.15. The SMILES string of the molecule is CCCC(CCCl)CNS(=O)(=O)c1cnc(C)[nH]1. The summed E-state index contributed by atoms with van der Waals surface area (Å²) in [6, 6.07) is 0. The highest BCUT2D eigenvalue weighted by molar-refractivity contribution is 7.89. The van der Waals surface area contributed by atoms with Gasteiger partial charge in [-0.1, -0.05) is 13.3 Å². The number of rotatable bonds is 8. The number of nitrogens with one attached hydrogen (secondary N) is 2. The van der Waals surface area contributed by atoms with E-state index in [0.29, 0.717) is 18.2 Å². The number of alkyl halides is 1. The third-order valence-electron chi connectivity index (χ3n) is 2.75. The van der Waals surface area contributed by atoms with Crippen LogP contribution in [0.25, 0.3) is 0 Å². The number of aryl methyl sites for hydroxylation is 1. The molecule has 2 N–H and O–H groups in total. The average Bonchev–Trinajstić information content (AvgIpc) is 2.74. The van der Waals surface area contributed by atoms with Crippen molar-refractivity contribution in [3.8, 4) is 0 Å².